The Morgan fingerprint density at radius 1 is 1.33 bits per heavy atom. The fourth-order valence-electron chi connectivity index (χ4n) is 3.35. The average molecular weight is 445 g/mol. The molecule has 0 bridgehead atoms. The average Bonchev–Trinajstić information content (AvgIpc) is 3.28. The molecule has 156 valence electrons. The minimum absolute atomic E-state index is 0.0903. The van der Waals surface area contributed by atoms with Crippen molar-refractivity contribution < 1.29 is 13.2 Å². The second kappa shape index (κ2) is 7.67. The number of thiophene rings is 1. The Kier molecular flexibility index (Phi) is 5.18. The minimum Gasteiger partial charge on any atom is -0.398 e. The molecule has 1 fully saturated rings. The van der Waals surface area contributed by atoms with E-state index in [2.05, 4.69) is 9.71 Å². The number of nitrogens with one attached hydrogen (secondary N) is 2. The number of hydrogen-bond donors (Lipinski definition) is 4. The van der Waals surface area contributed by atoms with E-state index in [9.17, 15) is 13.2 Å². The van der Waals surface area contributed by atoms with Crippen LogP contribution in [0, 0.1) is 5.41 Å². The summed E-state index contributed by atoms with van der Waals surface area (Å²) in [5.41, 5.74) is 13.8. The third-order valence-corrected chi connectivity index (χ3v) is 7.97. The number of sulfonamides is 1. The fraction of sp³-hybridized carbons (Fsp3) is 0.211. The monoisotopic (exact) mass is 444 g/mol. The molecule has 1 atom stereocenters. The normalized spacial score (nSPS) is 17.0. The van der Waals surface area contributed by atoms with Gasteiger partial charge in [0.25, 0.3) is 10.0 Å². The maximum atomic E-state index is 12.8. The predicted octanol–water partition coefficient (Wildman–Crippen LogP) is 1.24. The van der Waals surface area contributed by atoms with Crippen molar-refractivity contribution in [2.45, 2.75) is 23.2 Å². The highest BCUT2D eigenvalue weighted by Crippen LogP contribution is 2.28. The lowest BCUT2D eigenvalue weighted by Gasteiger charge is -2.19. The van der Waals surface area contributed by atoms with Crippen molar-refractivity contribution in [3.05, 3.63) is 53.7 Å². The van der Waals surface area contributed by atoms with E-state index < -0.39 is 16.1 Å². The first-order valence-corrected chi connectivity index (χ1v) is 11.4. The summed E-state index contributed by atoms with van der Waals surface area (Å²) in [7, 11) is -3.85. The molecule has 2 aromatic heterocycles. The Morgan fingerprint density at radius 3 is 2.87 bits per heavy atom. The second-order valence-electron chi connectivity index (χ2n) is 7.00. The van der Waals surface area contributed by atoms with E-state index >= 15 is 0 Å². The van der Waals surface area contributed by atoms with Crippen molar-refractivity contribution in [2.24, 2.45) is 5.73 Å². The molecule has 1 aromatic carbocycles. The van der Waals surface area contributed by atoms with Crippen LogP contribution >= 0.6 is 11.3 Å². The third kappa shape index (κ3) is 3.86. The number of benzene rings is 1. The number of hydrogen-bond acceptors (Lipinski definition) is 7. The number of nitrogen functional groups attached to an aromatic ring is 2. The molecule has 0 spiro atoms. The molecule has 0 aliphatic carbocycles. The van der Waals surface area contributed by atoms with Crippen molar-refractivity contribution >= 4 is 49.0 Å². The smallest absolute Gasteiger partial charge is 0.250 e. The molecule has 6 N–H and O–H groups in total. The minimum atomic E-state index is -3.85. The standard InChI is InChI=1S/C19H20N6O3S2/c20-13-4-3-11(18(21)22)8-12(13)10-25-7-5-14(19(25)26)24-30(27,28)17-9-15-16(29-17)2-1-6-23-15/h1-4,6,8-9,14,24H,5,7,10,20H2,(H3,21,22)/t14-/m0/s1. The molecule has 1 amide bonds. The van der Waals surface area contributed by atoms with Gasteiger partial charge in [-0.1, -0.05) is 0 Å². The highest BCUT2D eigenvalue weighted by molar-refractivity contribution is 7.91. The van der Waals surface area contributed by atoms with Crippen LogP contribution in [0.25, 0.3) is 10.2 Å². The van der Waals surface area contributed by atoms with Crippen LogP contribution < -0.4 is 16.2 Å². The van der Waals surface area contributed by atoms with E-state index in [0.717, 1.165) is 16.0 Å². The number of anilines is 1. The quantitative estimate of drug-likeness (QED) is 0.255. The number of pyridine rings is 1. The highest BCUT2D eigenvalue weighted by atomic mass is 32.2. The Hall–Kier alpha value is -3.02. The summed E-state index contributed by atoms with van der Waals surface area (Å²) in [6.45, 7) is 0.612. The number of nitrogens with two attached hydrogens (primary N) is 2. The van der Waals surface area contributed by atoms with E-state index in [4.69, 9.17) is 16.9 Å². The lowest BCUT2D eigenvalue weighted by molar-refractivity contribution is -0.129. The number of fused-ring (bicyclic) bond motifs is 1. The molecule has 0 radical (unpaired) electrons. The third-order valence-electron chi connectivity index (χ3n) is 4.94. The van der Waals surface area contributed by atoms with Crippen molar-refractivity contribution in [1.29, 1.82) is 5.41 Å². The first-order chi connectivity index (χ1) is 14.2. The number of aromatic nitrogens is 1. The van der Waals surface area contributed by atoms with E-state index in [1.165, 1.54) is 6.07 Å². The van der Waals surface area contributed by atoms with Crippen molar-refractivity contribution in [1.82, 2.24) is 14.6 Å². The van der Waals surface area contributed by atoms with Gasteiger partial charge in [-0.25, -0.2) is 8.42 Å². The van der Waals surface area contributed by atoms with Gasteiger partial charge in [0.15, 0.2) is 0 Å². The van der Waals surface area contributed by atoms with Crippen LogP contribution in [-0.2, 0) is 21.4 Å². The fourth-order valence-corrected chi connectivity index (χ4v) is 5.92. The molecule has 1 aliphatic heterocycles. The summed E-state index contributed by atoms with van der Waals surface area (Å²) in [5.74, 6) is -0.405. The lowest BCUT2D eigenvalue weighted by atomic mass is 10.1. The van der Waals surface area contributed by atoms with Gasteiger partial charge in [0.05, 0.1) is 10.2 Å². The van der Waals surface area contributed by atoms with Gasteiger partial charge in [0.1, 0.15) is 16.1 Å². The van der Waals surface area contributed by atoms with Gasteiger partial charge in [-0.15, -0.1) is 11.3 Å². The molecule has 3 heterocycles. The van der Waals surface area contributed by atoms with Crippen LogP contribution in [0.15, 0.2) is 46.8 Å². The summed E-state index contributed by atoms with van der Waals surface area (Å²) in [4.78, 5) is 18.5. The molecular weight excluding hydrogens is 424 g/mol. The zero-order valence-electron chi connectivity index (χ0n) is 15.8. The van der Waals surface area contributed by atoms with E-state index in [1.54, 1.807) is 41.4 Å². The van der Waals surface area contributed by atoms with Crippen molar-refractivity contribution in [3.63, 3.8) is 0 Å². The van der Waals surface area contributed by atoms with Gasteiger partial charge in [-0.05, 0) is 48.4 Å². The molecule has 30 heavy (non-hydrogen) atoms. The summed E-state index contributed by atoms with van der Waals surface area (Å²) in [6.07, 6.45) is 1.96. The SMILES string of the molecule is N=C(N)c1ccc(N)c(CN2CC[C@H](NS(=O)(=O)c3cc4ncccc4s3)C2=O)c1. The highest BCUT2D eigenvalue weighted by Gasteiger charge is 2.35. The zero-order valence-corrected chi connectivity index (χ0v) is 17.5. The van der Waals surface area contributed by atoms with Crippen LogP contribution in [0.4, 0.5) is 5.69 Å². The largest absolute Gasteiger partial charge is 0.398 e. The van der Waals surface area contributed by atoms with Gasteiger partial charge in [0.2, 0.25) is 5.91 Å². The summed E-state index contributed by atoms with van der Waals surface area (Å²) >= 11 is 1.11. The Bertz CT molecular complexity index is 1220. The van der Waals surface area contributed by atoms with Crippen molar-refractivity contribution in [2.75, 3.05) is 12.3 Å². The van der Waals surface area contributed by atoms with Crippen LogP contribution in [0.3, 0.4) is 0 Å². The number of amidine groups is 1. The van der Waals surface area contributed by atoms with E-state index in [0.29, 0.717) is 35.3 Å². The molecule has 0 saturated carbocycles. The van der Waals surface area contributed by atoms with Crippen LogP contribution in [0.2, 0.25) is 0 Å². The summed E-state index contributed by atoms with van der Waals surface area (Å²) < 4.78 is 29.0. The van der Waals surface area contributed by atoms with Gasteiger partial charge in [-0.3, -0.25) is 15.2 Å². The van der Waals surface area contributed by atoms with Gasteiger partial charge in [0, 0.05) is 30.5 Å². The van der Waals surface area contributed by atoms with E-state index in [-0.39, 0.29) is 22.5 Å². The summed E-state index contributed by atoms with van der Waals surface area (Å²) in [6, 6.07) is 9.17. The number of amides is 1. The Labute approximate surface area is 177 Å². The number of likely N-dealkylation sites (tertiary alicyclic amines) is 1. The van der Waals surface area contributed by atoms with Crippen molar-refractivity contribution in [3.8, 4) is 0 Å². The number of rotatable bonds is 6. The molecule has 11 heteroatoms. The first kappa shape index (κ1) is 20.3. The molecule has 1 aliphatic rings. The molecular formula is C19H20N6O3S2. The Balaban J connectivity index is 1.49. The predicted molar refractivity (Wildman–Crippen MR) is 116 cm³/mol. The van der Waals surface area contributed by atoms with E-state index in [1.807, 2.05) is 0 Å². The molecule has 4 rings (SSSR count). The topological polar surface area (TPSA) is 155 Å². The van der Waals surface area contributed by atoms with Gasteiger partial charge < -0.3 is 16.4 Å². The molecule has 0 unspecified atom stereocenters. The second-order valence-corrected chi connectivity index (χ2v) is 10.0. The van der Waals surface area contributed by atoms with Gasteiger partial charge >= 0.3 is 0 Å². The first-order valence-electron chi connectivity index (χ1n) is 9.13. The number of nitrogens with zero attached hydrogens (tertiary/aromatic N) is 2. The lowest BCUT2D eigenvalue weighted by Crippen LogP contribution is -2.41. The molecule has 3 aromatic rings. The number of carbonyl (C=O) groups excluding carboxylic acids is 1. The summed E-state index contributed by atoms with van der Waals surface area (Å²) in [5, 5.41) is 7.56. The van der Waals surface area contributed by atoms with Crippen LogP contribution in [-0.4, -0.2) is 42.6 Å². The maximum Gasteiger partial charge on any atom is 0.250 e. The van der Waals surface area contributed by atoms with Crippen LogP contribution in [0.1, 0.15) is 17.5 Å². The Morgan fingerprint density at radius 2 is 2.13 bits per heavy atom. The molecule has 9 nitrogen and oxygen atoms in total. The molecule has 1 saturated heterocycles. The zero-order chi connectivity index (χ0) is 21.5. The maximum absolute atomic E-state index is 12.8. The van der Waals surface area contributed by atoms with Gasteiger partial charge in [-0.2, -0.15) is 4.72 Å². The van der Waals surface area contributed by atoms with Crippen LogP contribution in [0.5, 0.6) is 0 Å². The number of carbonyl (C=O) groups is 1.